The van der Waals surface area contributed by atoms with E-state index in [1.54, 1.807) is 6.07 Å². The number of aromatic nitrogens is 3. The molecule has 0 spiro atoms. The van der Waals surface area contributed by atoms with Crippen LogP contribution in [0.15, 0.2) is 115 Å². The first-order valence-corrected chi connectivity index (χ1v) is 17.8. The summed E-state index contributed by atoms with van der Waals surface area (Å²) in [5, 5.41) is 11.6. The molecule has 0 atom stereocenters. The van der Waals surface area contributed by atoms with Crippen LogP contribution in [0.1, 0.15) is 69.4 Å². The van der Waals surface area contributed by atoms with Crippen molar-refractivity contribution in [3.63, 3.8) is 0 Å². The van der Waals surface area contributed by atoms with Gasteiger partial charge in [-0.3, -0.25) is 9.55 Å². The van der Waals surface area contributed by atoms with E-state index in [1.165, 1.54) is 16.7 Å². The summed E-state index contributed by atoms with van der Waals surface area (Å²) in [6.07, 6.45) is 1.87. The molecule has 2 heterocycles. The number of nitrogens with zero attached hydrogens (tertiary/aromatic N) is 3. The van der Waals surface area contributed by atoms with Crippen molar-refractivity contribution in [2.24, 2.45) is 0 Å². The number of phenols is 1. The Hall–Kier alpha value is -5.48. The minimum absolute atomic E-state index is 0.103. The molecule has 7 aromatic rings. The number of rotatable bonds is 5. The summed E-state index contributed by atoms with van der Waals surface area (Å²) in [7, 11) is 0. The van der Waals surface area contributed by atoms with Gasteiger partial charge < -0.3 is 5.11 Å². The number of aromatic hydroxyl groups is 1. The van der Waals surface area contributed by atoms with Crippen molar-refractivity contribution in [2.75, 3.05) is 0 Å². The molecule has 51 heavy (non-hydrogen) atoms. The molecule has 0 fully saturated rings. The van der Waals surface area contributed by atoms with Crippen molar-refractivity contribution >= 4 is 11.0 Å². The maximum absolute atomic E-state index is 11.6. The lowest BCUT2D eigenvalue weighted by Gasteiger charge is -2.30. The maximum atomic E-state index is 11.6. The van der Waals surface area contributed by atoms with E-state index in [1.807, 2.05) is 36.5 Å². The van der Waals surface area contributed by atoms with Gasteiger partial charge in [-0.2, -0.15) is 0 Å². The second kappa shape index (κ2) is 12.7. The number of imidazole rings is 1. The fourth-order valence-electron chi connectivity index (χ4n) is 7.57. The number of fused-ring (bicyclic) bond motifs is 1. The highest BCUT2D eigenvalue weighted by Gasteiger charge is 2.29. The fraction of sp³-hybridized carbons (Fsp3) is 0.234. The quantitative estimate of drug-likeness (QED) is 0.198. The van der Waals surface area contributed by atoms with Gasteiger partial charge in [0.25, 0.3) is 0 Å². The lowest BCUT2D eigenvalue weighted by molar-refractivity contribution is 0.477. The number of para-hydroxylation sites is 1. The zero-order valence-corrected chi connectivity index (χ0v) is 31.3. The molecule has 0 bridgehead atoms. The molecular weight excluding hydrogens is 623 g/mol. The number of hydrogen-bond donors (Lipinski definition) is 1. The zero-order chi connectivity index (χ0) is 36.2. The van der Waals surface area contributed by atoms with Gasteiger partial charge in [0, 0.05) is 17.3 Å². The lowest BCUT2D eigenvalue weighted by Crippen LogP contribution is -2.19. The molecule has 0 aliphatic rings. The minimum Gasteiger partial charge on any atom is -0.507 e. The smallest absolute Gasteiger partial charge is 0.149 e. The summed E-state index contributed by atoms with van der Waals surface area (Å²) in [4.78, 5) is 10.4. The number of pyridine rings is 1. The highest BCUT2D eigenvalue weighted by molar-refractivity contribution is 5.98. The highest BCUT2D eigenvalue weighted by Crippen LogP contribution is 2.45. The average Bonchev–Trinajstić information content (AvgIpc) is 3.46. The number of phenolic OH excluding ortho intramolecular Hbond substituents is 1. The van der Waals surface area contributed by atoms with Crippen LogP contribution in [0.3, 0.4) is 0 Å². The number of benzene rings is 5. The molecule has 7 rings (SSSR count). The molecule has 2 aromatic heterocycles. The third kappa shape index (κ3) is 6.25. The second-order valence-corrected chi connectivity index (χ2v) is 15.9. The standard InChI is InChI=1S/C47H47N3O/c1-29-24-30(2)44(31(3)25-29)50-41-20-15-18-34(43(41)49-45(50)37-26-33(21-22-42(37)51)32-16-11-10-12-17-32)35-27-36(40-19-13-14-23-48-40)39(47(7,8)9)28-38(35)46(4,5)6/h10-28,51H,1-9H3. The van der Waals surface area contributed by atoms with E-state index >= 15 is 0 Å². The van der Waals surface area contributed by atoms with Gasteiger partial charge in [0.05, 0.1) is 28.0 Å². The van der Waals surface area contributed by atoms with Crippen LogP contribution in [0.2, 0.25) is 0 Å². The van der Waals surface area contributed by atoms with Gasteiger partial charge in [-0.05, 0) is 107 Å². The Balaban J connectivity index is 1.60. The van der Waals surface area contributed by atoms with Gasteiger partial charge in [0.1, 0.15) is 11.6 Å². The van der Waals surface area contributed by atoms with E-state index in [4.69, 9.17) is 9.97 Å². The van der Waals surface area contributed by atoms with Crippen LogP contribution in [0.5, 0.6) is 5.75 Å². The monoisotopic (exact) mass is 669 g/mol. The Kier molecular flexibility index (Phi) is 8.46. The minimum atomic E-state index is -0.155. The van der Waals surface area contributed by atoms with Crippen molar-refractivity contribution in [2.45, 2.75) is 73.1 Å². The van der Waals surface area contributed by atoms with E-state index in [0.717, 1.165) is 61.4 Å². The van der Waals surface area contributed by atoms with E-state index in [-0.39, 0.29) is 16.6 Å². The predicted molar refractivity (Wildman–Crippen MR) is 214 cm³/mol. The van der Waals surface area contributed by atoms with Gasteiger partial charge >= 0.3 is 0 Å². The van der Waals surface area contributed by atoms with Crippen LogP contribution in [-0.4, -0.2) is 19.6 Å². The summed E-state index contributed by atoms with van der Waals surface area (Å²) >= 11 is 0. The first-order chi connectivity index (χ1) is 24.2. The summed E-state index contributed by atoms with van der Waals surface area (Å²) in [5.41, 5.74) is 15.8. The second-order valence-electron chi connectivity index (χ2n) is 15.9. The molecule has 4 heteroatoms. The van der Waals surface area contributed by atoms with Crippen LogP contribution >= 0.6 is 0 Å². The predicted octanol–water partition coefficient (Wildman–Crippen LogP) is 12.3. The lowest BCUT2D eigenvalue weighted by atomic mass is 9.74. The highest BCUT2D eigenvalue weighted by atomic mass is 16.3. The zero-order valence-electron chi connectivity index (χ0n) is 31.3. The van der Waals surface area contributed by atoms with Crippen LogP contribution in [0, 0.1) is 20.8 Å². The maximum Gasteiger partial charge on any atom is 0.149 e. The van der Waals surface area contributed by atoms with Crippen molar-refractivity contribution in [3.8, 4) is 56.3 Å². The van der Waals surface area contributed by atoms with E-state index in [9.17, 15) is 5.11 Å². The SMILES string of the molecule is Cc1cc(C)c(-n2c(-c3cc(-c4ccccc4)ccc3O)nc3c(-c4cc(-c5ccccn5)c(C(C)(C)C)cc4C(C)(C)C)cccc32)c(C)c1. The molecule has 0 aliphatic carbocycles. The Bertz CT molecular complexity index is 2380. The van der Waals surface area contributed by atoms with Crippen LogP contribution in [0.25, 0.3) is 61.6 Å². The van der Waals surface area contributed by atoms with E-state index < -0.39 is 0 Å². The molecule has 256 valence electrons. The Labute approximate surface area is 302 Å². The topological polar surface area (TPSA) is 50.9 Å². The molecule has 1 N–H and O–H groups in total. The van der Waals surface area contributed by atoms with Gasteiger partial charge in [-0.1, -0.05) is 120 Å². The third-order valence-electron chi connectivity index (χ3n) is 9.89. The summed E-state index contributed by atoms with van der Waals surface area (Å²) < 4.78 is 2.26. The van der Waals surface area contributed by atoms with Crippen molar-refractivity contribution in [1.82, 2.24) is 14.5 Å². The molecule has 0 saturated carbocycles. The Morgan fingerprint density at radius 1 is 0.569 bits per heavy atom. The Morgan fingerprint density at radius 2 is 1.24 bits per heavy atom. The molecule has 0 unspecified atom stereocenters. The molecule has 0 radical (unpaired) electrons. The molecule has 0 saturated heterocycles. The summed E-state index contributed by atoms with van der Waals surface area (Å²) in [5.74, 6) is 0.897. The van der Waals surface area contributed by atoms with Gasteiger partial charge in [-0.25, -0.2) is 4.98 Å². The Morgan fingerprint density at radius 3 is 1.88 bits per heavy atom. The third-order valence-corrected chi connectivity index (χ3v) is 9.89. The van der Waals surface area contributed by atoms with E-state index in [0.29, 0.717) is 11.4 Å². The van der Waals surface area contributed by atoms with E-state index in [2.05, 4.69) is 140 Å². The molecule has 0 amide bonds. The molecule has 4 nitrogen and oxygen atoms in total. The molecular formula is C47H47N3O. The van der Waals surface area contributed by atoms with Crippen LogP contribution < -0.4 is 0 Å². The van der Waals surface area contributed by atoms with Crippen molar-refractivity contribution < 1.29 is 5.11 Å². The van der Waals surface area contributed by atoms with Gasteiger partial charge in [0.15, 0.2) is 0 Å². The van der Waals surface area contributed by atoms with Crippen LogP contribution in [0.4, 0.5) is 0 Å². The molecule has 0 aliphatic heterocycles. The first-order valence-electron chi connectivity index (χ1n) is 17.8. The normalized spacial score (nSPS) is 12.1. The van der Waals surface area contributed by atoms with Gasteiger partial charge in [0.2, 0.25) is 0 Å². The first kappa shape index (κ1) is 34.0. The summed E-state index contributed by atoms with van der Waals surface area (Å²) in [6.45, 7) is 20.2. The largest absolute Gasteiger partial charge is 0.507 e. The average molecular weight is 670 g/mol. The van der Waals surface area contributed by atoms with Crippen molar-refractivity contribution in [1.29, 1.82) is 0 Å². The number of hydrogen-bond acceptors (Lipinski definition) is 3. The summed E-state index contributed by atoms with van der Waals surface area (Å²) in [6, 6.07) is 38.0. The fourth-order valence-corrected chi connectivity index (χ4v) is 7.57. The van der Waals surface area contributed by atoms with Crippen LogP contribution in [-0.2, 0) is 10.8 Å². The van der Waals surface area contributed by atoms with Gasteiger partial charge in [-0.15, -0.1) is 0 Å². The number of aryl methyl sites for hydroxylation is 3. The van der Waals surface area contributed by atoms with Crippen molar-refractivity contribution in [3.05, 3.63) is 143 Å². The molecule has 5 aromatic carbocycles.